The molecule has 23 heavy (non-hydrogen) atoms. The maximum absolute atomic E-state index is 12.3. The Kier molecular flexibility index (Phi) is 5.61. The van der Waals surface area contributed by atoms with Crippen LogP contribution in [0.15, 0.2) is 23.9 Å². The Hall–Kier alpha value is -1.91. The molecule has 0 radical (unpaired) electrons. The van der Waals surface area contributed by atoms with Crippen LogP contribution in [0.1, 0.15) is 61.9 Å². The van der Waals surface area contributed by atoms with Crippen LogP contribution in [0.3, 0.4) is 0 Å². The summed E-state index contributed by atoms with van der Waals surface area (Å²) in [6.07, 6.45) is 13.5. The van der Waals surface area contributed by atoms with Gasteiger partial charge in [0.25, 0.3) is 5.91 Å². The molecule has 1 N–H and O–H groups in total. The number of hydrogen-bond donors (Lipinski definition) is 1. The fourth-order valence-electron chi connectivity index (χ4n) is 3.28. The normalized spacial score (nSPS) is 18.4. The number of rotatable bonds is 5. The van der Waals surface area contributed by atoms with Crippen LogP contribution in [0.4, 0.5) is 5.95 Å². The summed E-state index contributed by atoms with van der Waals surface area (Å²) < 4.78 is 0. The minimum absolute atomic E-state index is 0.0953. The van der Waals surface area contributed by atoms with Crippen LogP contribution in [-0.4, -0.2) is 35.5 Å². The Morgan fingerprint density at radius 3 is 2.83 bits per heavy atom. The summed E-state index contributed by atoms with van der Waals surface area (Å²) in [5, 5.41) is 2.99. The number of carbonyl (C=O) groups excluding carboxylic acids is 1. The fraction of sp³-hybridized carbons (Fsp3) is 0.611. The van der Waals surface area contributed by atoms with E-state index in [1.165, 1.54) is 50.5 Å². The highest BCUT2D eigenvalue weighted by atomic mass is 16.1. The molecule has 1 saturated heterocycles. The zero-order valence-electron chi connectivity index (χ0n) is 13.8. The molecule has 1 amide bonds. The average molecular weight is 314 g/mol. The molecule has 0 atom stereocenters. The number of aromatic nitrogens is 2. The number of nitrogens with one attached hydrogen (secondary N) is 1. The summed E-state index contributed by atoms with van der Waals surface area (Å²) in [5.74, 6) is 0.592. The number of piperidine rings is 1. The summed E-state index contributed by atoms with van der Waals surface area (Å²) in [4.78, 5) is 23.2. The summed E-state index contributed by atoms with van der Waals surface area (Å²) in [7, 11) is 0. The lowest BCUT2D eigenvalue weighted by Crippen LogP contribution is -2.32. The molecule has 0 spiro atoms. The quantitative estimate of drug-likeness (QED) is 0.849. The lowest BCUT2D eigenvalue weighted by atomic mass is 9.97. The molecule has 0 aromatic carbocycles. The first kappa shape index (κ1) is 16.0. The van der Waals surface area contributed by atoms with E-state index in [-0.39, 0.29) is 5.91 Å². The zero-order chi connectivity index (χ0) is 15.9. The van der Waals surface area contributed by atoms with Gasteiger partial charge in [0, 0.05) is 25.8 Å². The van der Waals surface area contributed by atoms with Gasteiger partial charge in [0.1, 0.15) is 5.69 Å². The van der Waals surface area contributed by atoms with Crippen molar-refractivity contribution in [3.63, 3.8) is 0 Å². The molecular formula is C18H26N4O. The Morgan fingerprint density at radius 2 is 2.04 bits per heavy atom. The standard InChI is InChI=1S/C18H26N4O/c23-17(19-11-9-15-7-3-1-4-8-15)16-10-12-20-18(21-16)22-13-5-2-6-14-22/h7,10,12H,1-6,8-9,11,13-14H2,(H,19,23). The first-order chi connectivity index (χ1) is 11.3. The van der Waals surface area contributed by atoms with Crippen molar-refractivity contribution in [1.29, 1.82) is 0 Å². The van der Waals surface area contributed by atoms with E-state index in [1.807, 2.05) is 0 Å². The molecular weight excluding hydrogens is 288 g/mol. The van der Waals surface area contributed by atoms with Gasteiger partial charge in [-0.15, -0.1) is 0 Å². The van der Waals surface area contributed by atoms with Crippen LogP contribution < -0.4 is 10.2 Å². The van der Waals surface area contributed by atoms with E-state index in [2.05, 4.69) is 26.3 Å². The number of amides is 1. The highest BCUT2D eigenvalue weighted by molar-refractivity contribution is 5.92. The Labute approximate surface area is 138 Å². The van der Waals surface area contributed by atoms with E-state index in [4.69, 9.17) is 0 Å². The number of allylic oxidation sites excluding steroid dienone is 1. The maximum Gasteiger partial charge on any atom is 0.270 e. The predicted molar refractivity (Wildman–Crippen MR) is 91.6 cm³/mol. The molecule has 1 aliphatic heterocycles. The molecule has 2 aliphatic rings. The second-order valence-corrected chi connectivity index (χ2v) is 6.40. The highest BCUT2D eigenvalue weighted by Gasteiger charge is 2.15. The van der Waals surface area contributed by atoms with Gasteiger partial charge in [0.2, 0.25) is 5.95 Å². The van der Waals surface area contributed by atoms with E-state index in [0.717, 1.165) is 19.5 Å². The molecule has 2 heterocycles. The molecule has 5 heteroatoms. The average Bonchev–Trinajstić information content (AvgIpc) is 2.63. The van der Waals surface area contributed by atoms with E-state index in [0.29, 0.717) is 18.2 Å². The number of hydrogen-bond acceptors (Lipinski definition) is 4. The molecule has 1 aromatic heterocycles. The number of nitrogens with zero attached hydrogens (tertiary/aromatic N) is 3. The lowest BCUT2D eigenvalue weighted by Gasteiger charge is -2.26. The van der Waals surface area contributed by atoms with Gasteiger partial charge in [-0.25, -0.2) is 9.97 Å². The summed E-state index contributed by atoms with van der Waals surface area (Å²) >= 11 is 0. The van der Waals surface area contributed by atoms with Crippen molar-refractivity contribution >= 4 is 11.9 Å². The van der Waals surface area contributed by atoms with Crippen LogP contribution in [0, 0.1) is 0 Å². The molecule has 0 unspecified atom stereocenters. The van der Waals surface area contributed by atoms with E-state index >= 15 is 0 Å². The molecule has 0 saturated carbocycles. The SMILES string of the molecule is O=C(NCCC1=CCCCC1)c1ccnc(N2CCCCC2)n1. The van der Waals surface area contributed by atoms with Gasteiger partial charge in [0.15, 0.2) is 0 Å². The number of carbonyl (C=O) groups is 1. The third kappa shape index (κ3) is 4.53. The molecule has 1 aromatic rings. The van der Waals surface area contributed by atoms with Gasteiger partial charge < -0.3 is 10.2 Å². The zero-order valence-corrected chi connectivity index (χ0v) is 13.8. The van der Waals surface area contributed by atoms with Crippen molar-refractivity contribution in [2.45, 2.75) is 51.4 Å². The summed E-state index contributed by atoms with van der Waals surface area (Å²) in [6, 6.07) is 1.70. The molecule has 0 bridgehead atoms. The Balaban J connectivity index is 1.53. The minimum Gasteiger partial charge on any atom is -0.350 e. The molecule has 1 fully saturated rings. The van der Waals surface area contributed by atoms with Crippen LogP contribution in [0.2, 0.25) is 0 Å². The second-order valence-electron chi connectivity index (χ2n) is 6.40. The molecule has 124 valence electrons. The smallest absolute Gasteiger partial charge is 0.270 e. The topological polar surface area (TPSA) is 58.1 Å². The largest absolute Gasteiger partial charge is 0.350 e. The van der Waals surface area contributed by atoms with Crippen molar-refractivity contribution in [3.05, 3.63) is 29.6 Å². The van der Waals surface area contributed by atoms with Crippen molar-refractivity contribution < 1.29 is 4.79 Å². The first-order valence-corrected chi connectivity index (χ1v) is 8.87. The highest BCUT2D eigenvalue weighted by Crippen LogP contribution is 2.19. The van der Waals surface area contributed by atoms with Gasteiger partial charge >= 0.3 is 0 Å². The van der Waals surface area contributed by atoms with E-state index in [9.17, 15) is 4.79 Å². The number of anilines is 1. The lowest BCUT2D eigenvalue weighted by molar-refractivity contribution is 0.0949. The predicted octanol–water partition coefficient (Wildman–Crippen LogP) is 3.09. The van der Waals surface area contributed by atoms with Crippen molar-refractivity contribution in [1.82, 2.24) is 15.3 Å². The van der Waals surface area contributed by atoms with Crippen LogP contribution in [-0.2, 0) is 0 Å². The van der Waals surface area contributed by atoms with Gasteiger partial charge in [0.05, 0.1) is 0 Å². The molecule has 1 aliphatic carbocycles. The van der Waals surface area contributed by atoms with Gasteiger partial charge in [-0.05, 0) is 57.4 Å². The monoisotopic (exact) mass is 314 g/mol. The summed E-state index contributed by atoms with van der Waals surface area (Å²) in [6.45, 7) is 2.66. The van der Waals surface area contributed by atoms with Gasteiger partial charge in [-0.2, -0.15) is 0 Å². The van der Waals surface area contributed by atoms with Crippen molar-refractivity contribution in [2.75, 3.05) is 24.5 Å². The minimum atomic E-state index is -0.0953. The molecule has 3 rings (SSSR count). The van der Waals surface area contributed by atoms with E-state index in [1.54, 1.807) is 12.3 Å². The van der Waals surface area contributed by atoms with Crippen LogP contribution in [0.5, 0.6) is 0 Å². The Morgan fingerprint density at radius 1 is 1.17 bits per heavy atom. The fourth-order valence-corrected chi connectivity index (χ4v) is 3.28. The third-order valence-electron chi connectivity index (χ3n) is 4.63. The molecule has 5 nitrogen and oxygen atoms in total. The second kappa shape index (κ2) is 8.09. The first-order valence-electron chi connectivity index (χ1n) is 8.87. The van der Waals surface area contributed by atoms with Gasteiger partial charge in [-0.1, -0.05) is 11.6 Å². The third-order valence-corrected chi connectivity index (χ3v) is 4.63. The van der Waals surface area contributed by atoms with Crippen LogP contribution in [0.25, 0.3) is 0 Å². The Bertz CT molecular complexity index is 564. The van der Waals surface area contributed by atoms with Gasteiger partial charge in [-0.3, -0.25) is 4.79 Å². The van der Waals surface area contributed by atoms with Crippen LogP contribution >= 0.6 is 0 Å². The maximum atomic E-state index is 12.3. The van der Waals surface area contributed by atoms with E-state index < -0.39 is 0 Å². The van der Waals surface area contributed by atoms with Crippen molar-refractivity contribution in [3.8, 4) is 0 Å². The van der Waals surface area contributed by atoms with Crippen molar-refractivity contribution in [2.24, 2.45) is 0 Å². The summed E-state index contributed by atoms with van der Waals surface area (Å²) in [5.41, 5.74) is 1.95.